The maximum Gasteiger partial charge on any atom is 0.240 e. The third-order valence-corrected chi connectivity index (χ3v) is 8.12. The van der Waals surface area contributed by atoms with E-state index in [2.05, 4.69) is 40.9 Å². The normalized spacial score (nSPS) is 18.6. The molecule has 7 heteroatoms. The van der Waals surface area contributed by atoms with Gasteiger partial charge < -0.3 is 9.88 Å². The van der Waals surface area contributed by atoms with Gasteiger partial charge >= 0.3 is 0 Å². The van der Waals surface area contributed by atoms with Crippen molar-refractivity contribution in [3.63, 3.8) is 0 Å². The monoisotopic (exact) mass is 505 g/mol. The summed E-state index contributed by atoms with van der Waals surface area (Å²) in [6, 6.07) is 12.5. The molecule has 2 heterocycles. The minimum atomic E-state index is -4.10. The first kappa shape index (κ1) is 24.8. The van der Waals surface area contributed by atoms with Crippen molar-refractivity contribution in [2.24, 2.45) is 17.0 Å². The number of halogens is 1. The summed E-state index contributed by atoms with van der Waals surface area (Å²) in [5.41, 5.74) is 6.10. The molecule has 0 radical (unpaired) electrons. The topological polar surface area (TPSA) is 79.2 Å². The largest absolute Gasteiger partial charge is 0.364 e. The van der Waals surface area contributed by atoms with E-state index in [0.717, 1.165) is 53.9 Å². The van der Waals surface area contributed by atoms with E-state index in [1.165, 1.54) is 31.4 Å². The van der Waals surface area contributed by atoms with Gasteiger partial charge in [0.15, 0.2) is 0 Å². The minimum absolute atomic E-state index is 0.399. The van der Waals surface area contributed by atoms with Crippen molar-refractivity contribution in [1.29, 1.82) is 0 Å². The van der Waals surface area contributed by atoms with Gasteiger partial charge in [-0.05, 0) is 99.0 Å². The van der Waals surface area contributed by atoms with Crippen LogP contribution in [0.15, 0.2) is 53.6 Å². The van der Waals surface area contributed by atoms with E-state index < -0.39 is 20.7 Å². The highest BCUT2D eigenvalue weighted by molar-refractivity contribution is 7.89. The van der Waals surface area contributed by atoms with E-state index in [0.29, 0.717) is 23.8 Å². The number of hydrogen-bond acceptors (Lipinski definition) is 3. The van der Waals surface area contributed by atoms with E-state index in [9.17, 15) is 12.8 Å². The third-order valence-electron chi connectivity index (χ3n) is 7.17. The number of hydrogen-bond donors (Lipinski definition) is 2. The summed E-state index contributed by atoms with van der Waals surface area (Å²) in [4.78, 5) is 5.33. The first-order valence-corrected chi connectivity index (χ1v) is 14.1. The van der Waals surface area contributed by atoms with Gasteiger partial charge in [0, 0.05) is 35.5 Å². The Balaban J connectivity index is 1.45. The van der Waals surface area contributed by atoms with Crippen molar-refractivity contribution >= 4 is 10.0 Å². The van der Waals surface area contributed by atoms with Crippen LogP contribution in [0.1, 0.15) is 48.1 Å². The van der Waals surface area contributed by atoms with Crippen molar-refractivity contribution in [2.75, 3.05) is 20.1 Å². The highest BCUT2D eigenvalue weighted by Gasteiger charge is 2.25. The molecule has 3 N–H and O–H groups in total. The Morgan fingerprint density at radius 1 is 1.17 bits per heavy atom. The summed E-state index contributed by atoms with van der Waals surface area (Å²) in [6.07, 6.45) is 8.27. The lowest BCUT2D eigenvalue weighted by Crippen LogP contribution is -2.31. The van der Waals surface area contributed by atoms with E-state index >= 15 is 0 Å². The van der Waals surface area contributed by atoms with Crippen molar-refractivity contribution in [1.82, 2.24) is 9.88 Å². The van der Waals surface area contributed by atoms with Crippen LogP contribution in [0, 0.1) is 29.5 Å². The van der Waals surface area contributed by atoms with Gasteiger partial charge in [0.05, 0.1) is 0 Å². The summed E-state index contributed by atoms with van der Waals surface area (Å²) >= 11 is 0. The molecule has 1 saturated heterocycles. The van der Waals surface area contributed by atoms with Gasteiger partial charge in [0.25, 0.3) is 0 Å². The van der Waals surface area contributed by atoms with Crippen LogP contribution in [-0.4, -0.2) is 38.4 Å². The zero-order chi connectivity index (χ0) is 25.3. The summed E-state index contributed by atoms with van der Waals surface area (Å²) in [6.45, 7) is 2.15. The highest BCUT2D eigenvalue weighted by atomic mass is 32.2. The Hall–Kier alpha value is -2.92. The molecule has 188 valence electrons. The lowest BCUT2D eigenvalue weighted by Gasteiger charge is -2.26. The van der Waals surface area contributed by atoms with E-state index in [1.54, 1.807) is 6.07 Å². The van der Waals surface area contributed by atoms with Gasteiger partial charge in [-0.3, -0.25) is 0 Å². The number of aromatic nitrogens is 1. The van der Waals surface area contributed by atoms with Crippen molar-refractivity contribution < 1.29 is 12.8 Å². The molecular weight excluding hydrogens is 473 g/mol. The summed E-state index contributed by atoms with van der Waals surface area (Å²) in [5.74, 6) is 7.11. The predicted octanol–water partition coefficient (Wildman–Crippen LogP) is 4.70. The number of nitrogens with two attached hydrogens (primary N) is 1. The molecule has 0 amide bonds. The fourth-order valence-corrected chi connectivity index (χ4v) is 5.66. The fourth-order valence-electron chi connectivity index (χ4n) is 5.07. The van der Waals surface area contributed by atoms with Gasteiger partial charge in [-0.25, -0.2) is 17.9 Å². The Kier molecular flexibility index (Phi) is 7.03. The second-order valence-electron chi connectivity index (χ2n) is 10.2. The van der Waals surface area contributed by atoms with Crippen LogP contribution in [-0.2, 0) is 22.9 Å². The van der Waals surface area contributed by atoms with Crippen LogP contribution < -0.4 is 5.14 Å². The number of sulfonamides is 1. The van der Waals surface area contributed by atoms with Gasteiger partial charge in [0.1, 0.15) is 10.7 Å². The second kappa shape index (κ2) is 10.2. The lowest BCUT2D eigenvalue weighted by atomic mass is 9.94. The van der Waals surface area contributed by atoms with Gasteiger partial charge in [0.2, 0.25) is 10.0 Å². The number of nitrogens with one attached hydrogen (secondary N) is 1. The first-order valence-electron chi connectivity index (χ1n) is 12.6. The lowest BCUT2D eigenvalue weighted by molar-refractivity contribution is 0.242. The second-order valence-corrected chi connectivity index (χ2v) is 11.8. The molecule has 1 aromatic heterocycles. The molecule has 1 saturated carbocycles. The van der Waals surface area contributed by atoms with Crippen LogP contribution in [0.2, 0.25) is 0 Å². The maximum absolute atomic E-state index is 14.5. The number of primary sulfonamides is 1. The number of H-pyrrole nitrogens is 1. The maximum atomic E-state index is 14.5. The standard InChI is InChI=1S/C29H32FN3O2S/c1-33-13-3-5-22(19-33)10-9-20-4-2-6-24(14-20)26-18-32-28(17-21-7-8-21)25(26)15-23-11-12-29(27(30)16-23)36(31,34)35/h2,4,6,11-12,14,16,18,21-22,32H,3,5,7-8,13,15,17,19H2,1H3,(H2,31,34,35). The molecule has 2 fully saturated rings. The van der Waals surface area contributed by atoms with Crippen LogP contribution in [0.25, 0.3) is 11.1 Å². The Labute approximate surface area is 213 Å². The minimum Gasteiger partial charge on any atom is -0.364 e. The SMILES string of the molecule is CN1CCCC(C#Cc2cccc(-c3c[nH]c(CC4CC4)c3Cc3ccc(S(N)(=O)=O)c(F)c3)c2)C1. The number of nitrogens with zero attached hydrogens (tertiary/aromatic N) is 1. The van der Waals surface area contributed by atoms with Crippen molar-refractivity contribution in [3.05, 3.63) is 76.9 Å². The Morgan fingerprint density at radius 2 is 2.00 bits per heavy atom. The number of piperidine rings is 1. The molecule has 5 rings (SSSR count). The molecule has 36 heavy (non-hydrogen) atoms. The third kappa shape index (κ3) is 5.89. The molecule has 5 nitrogen and oxygen atoms in total. The predicted molar refractivity (Wildman–Crippen MR) is 140 cm³/mol. The van der Waals surface area contributed by atoms with Crippen LogP contribution in [0.3, 0.4) is 0 Å². The number of rotatable bonds is 6. The molecule has 0 spiro atoms. The Morgan fingerprint density at radius 3 is 2.72 bits per heavy atom. The summed E-state index contributed by atoms with van der Waals surface area (Å²) < 4.78 is 37.8. The zero-order valence-electron chi connectivity index (χ0n) is 20.6. The molecule has 2 aromatic carbocycles. The van der Waals surface area contributed by atoms with Crippen molar-refractivity contribution in [2.45, 2.75) is 43.4 Å². The summed E-state index contributed by atoms with van der Waals surface area (Å²) in [5, 5.41) is 5.14. The van der Waals surface area contributed by atoms with E-state index in [4.69, 9.17) is 5.14 Å². The van der Waals surface area contributed by atoms with Crippen LogP contribution >= 0.6 is 0 Å². The van der Waals surface area contributed by atoms with E-state index in [1.807, 2.05) is 18.3 Å². The highest BCUT2D eigenvalue weighted by Crippen LogP contribution is 2.36. The number of aromatic amines is 1. The molecule has 1 unspecified atom stereocenters. The Bertz CT molecular complexity index is 1430. The number of likely N-dealkylation sites (tertiary alicyclic amines) is 1. The molecule has 1 atom stereocenters. The fraction of sp³-hybridized carbons (Fsp3) is 0.379. The average molecular weight is 506 g/mol. The molecular formula is C29H32FN3O2S. The van der Waals surface area contributed by atoms with Crippen LogP contribution in [0.4, 0.5) is 4.39 Å². The van der Waals surface area contributed by atoms with Gasteiger partial charge in [-0.2, -0.15) is 0 Å². The van der Waals surface area contributed by atoms with Gasteiger partial charge in [-0.15, -0.1) is 0 Å². The number of benzene rings is 2. The zero-order valence-corrected chi connectivity index (χ0v) is 21.4. The average Bonchev–Trinajstić information content (AvgIpc) is 3.57. The van der Waals surface area contributed by atoms with Gasteiger partial charge in [-0.1, -0.05) is 30.0 Å². The van der Waals surface area contributed by atoms with Crippen molar-refractivity contribution in [3.8, 4) is 23.0 Å². The van der Waals surface area contributed by atoms with E-state index in [-0.39, 0.29) is 0 Å². The molecule has 3 aromatic rings. The molecule has 1 aliphatic heterocycles. The summed E-state index contributed by atoms with van der Waals surface area (Å²) in [7, 11) is -1.95. The molecule has 2 aliphatic rings. The van der Waals surface area contributed by atoms with Crippen LogP contribution in [0.5, 0.6) is 0 Å². The molecule has 1 aliphatic carbocycles. The first-order chi connectivity index (χ1) is 17.3. The quantitative estimate of drug-likeness (QED) is 0.477. The smallest absolute Gasteiger partial charge is 0.240 e. The molecule has 0 bridgehead atoms.